The molecule has 2 aromatic rings. The molecule has 6 heteroatoms. The van der Waals surface area contributed by atoms with Gasteiger partial charge in [-0.25, -0.2) is 14.2 Å². The number of rotatable bonds is 4. The van der Waals surface area contributed by atoms with Gasteiger partial charge in [-0.3, -0.25) is 0 Å². The summed E-state index contributed by atoms with van der Waals surface area (Å²) in [5, 5.41) is 9.64. The van der Waals surface area contributed by atoms with Gasteiger partial charge in [0.15, 0.2) is 5.13 Å². The van der Waals surface area contributed by atoms with Crippen molar-refractivity contribution < 1.29 is 14.3 Å². The summed E-state index contributed by atoms with van der Waals surface area (Å²) in [5.41, 5.74) is 1.18. The zero-order valence-corrected chi connectivity index (χ0v) is 11.4. The number of benzene rings is 1. The van der Waals surface area contributed by atoms with E-state index in [-0.39, 0.29) is 10.7 Å². The Bertz CT molecular complexity index is 612. The molecule has 0 bridgehead atoms. The van der Waals surface area contributed by atoms with Crippen molar-refractivity contribution >= 4 is 28.1 Å². The number of hydrogen-bond acceptors (Lipinski definition) is 4. The molecule has 1 aromatic carbocycles. The Morgan fingerprint density at radius 1 is 1.53 bits per heavy atom. The Hall–Kier alpha value is -1.95. The number of carbonyl (C=O) groups is 1. The summed E-state index contributed by atoms with van der Waals surface area (Å²) in [4.78, 5) is 17.3. The molecule has 0 saturated heterocycles. The first-order valence-corrected chi connectivity index (χ1v) is 6.57. The van der Waals surface area contributed by atoms with Crippen molar-refractivity contribution in [2.75, 3.05) is 11.9 Å². The van der Waals surface area contributed by atoms with E-state index in [0.717, 1.165) is 11.3 Å². The Morgan fingerprint density at radius 2 is 2.26 bits per heavy atom. The molecule has 100 valence electrons. The van der Waals surface area contributed by atoms with Crippen LogP contribution in [0.25, 0.3) is 0 Å². The summed E-state index contributed by atoms with van der Waals surface area (Å²) in [6, 6.07) is 6.09. The van der Waals surface area contributed by atoms with Gasteiger partial charge in [-0.15, -0.1) is 0 Å². The number of aromatic nitrogens is 1. The van der Waals surface area contributed by atoms with Gasteiger partial charge in [-0.05, 0) is 24.6 Å². The molecule has 1 aromatic heterocycles. The quantitative estimate of drug-likeness (QED) is 0.933. The summed E-state index contributed by atoms with van der Waals surface area (Å²) in [5.74, 6) is -1.32. The summed E-state index contributed by atoms with van der Waals surface area (Å²) >= 11 is 1.09. The fraction of sp³-hybridized carbons (Fsp3) is 0.231. The molecule has 1 N–H and O–H groups in total. The smallest absolute Gasteiger partial charge is 0.347 e. The second-order valence-electron chi connectivity index (χ2n) is 3.97. The van der Waals surface area contributed by atoms with Crippen LogP contribution in [0.2, 0.25) is 0 Å². The number of hydrogen-bond donors (Lipinski definition) is 1. The van der Waals surface area contributed by atoms with Gasteiger partial charge in [0.25, 0.3) is 0 Å². The highest BCUT2D eigenvalue weighted by Gasteiger charge is 2.18. The molecule has 2 rings (SSSR count). The van der Waals surface area contributed by atoms with E-state index in [1.807, 2.05) is 6.92 Å². The number of anilines is 2. The molecule has 0 aliphatic heterocycles. The van der Waals surface area contributed by atoms with E-state index in [1.54, 1.807) is 24.1 Å². The van der Waals surface area contributed by atoms with Crippen LogP contribution in [0.1, 0.15) is 22.3 Å². The summed E-state index contributed by atoms with van der Waals surface area (Å²) in [6.07, 6.45) is 0.551. The van der Waals surface area contributed by atoms with Gasteiger partial charge in [0, 0.05) is 12.7 Å². The SMILES string of the molecule is CCc1nc(N(C)c2cccc(F)c2)sc1C(=O)O. The number of halogens is 1. The van der Waals surface area contributed by atoms with Gasteiger partial charge < -0.3 is 10.0 Å². The Kier molecular flexibility index (Phi) is 3.80. The molecule has 0 aliphatic rings. The predicted octanol–water partition coefficient (Wildman–Crippen LogP) is 3.31. The van der Waals surface area contributed by atoms with Crippen molar-refractivity contribution in [3.05, 3.63) is 40.7 Å². The zero-order valence-electron chi connectivity index (χ0n) is 10.6. The lowest BCUT2D eigenvalue weighted by molar-refractivity contribution is 0.0701. The van der Waals surface area contributed by atoms with Crippen LogP contribution in [0.4, 0.5) is 15.2 Å². The molecule has 0 aliphatic carbocycles. The average Bonchev–Trinajstić information content (AvgIpc) is 2.82. The van der Waals surface area contributed by atoms with E-state index in [4.69, 9.17) is 5.11 Å². The van der Waals surface area contributed by atoms with Crippen LogP contribution in [0.3, 0.4) is 0 Å². The van der Waals surface area contributed by atoms with Crippen LogP contribution in [0, 0.1) is 5.82 Å². The zero-order chi connectivity index (χ0) is 14.0. The lowest BCUT2D eigenvalue weighted by atomic mass is 10.3. The van der Waals surface area contributed by atoms with Gasteiger partial charge in [-0.2, -0.15) is 0 Å². The molecule has 0 saturated carbocycles. The largest absolute Gasteiger partial charge is 0.477 e. The van der Waals surface area contributed by atoms with Crippen molar-refractivity contribution in [2.45, 2.75) is 13.3 Å². The van der Waals surface area contributed by atoms with Crippen LogP contribution in [-0.4, -0.2) is 23.1 Å². The van der Waals surface area contributed by atoms with Crippen LogP contribution in [0.15, 0.2) is 24.3 Å². The van der Waals surface area contributed by atoms with Crippen molar-refractivity contribution in [2.24, 2.45) is 0 Å². The lowest BCUT2D eigenvalue weighted by Crippen LogP contribution is -2.09. The van der Waals surface area contributed by atoms with Crippen LogP contribution in [-0.2, 0) is 6.42 Å². The second kappa shape index (κ2) is 5.36. The van der Waals surface area contributed by atoms with Gasteiger partial charge in [0.1, 0.15) is 10.7 Å². The minimum atomic E-state index is -0.978. The molecular weight excluding hydrogens is 267 g/mol. The highest BCUT2D eigenvalue weighted by atomic mass is 32.1. The van der Waals surface area contributed by atoms with E-state index < -0.39 is 5.97 Å². The van der Waals surface area contributed by atoms with Crippen molar-refractivity contribution in [3.8, 4) is 0 Å². The third kappa shape index (κ3) is 2.73. The average molecular weight is 280 g/mol. The van der Waals surface area contributed by atoms with Crippen molar-refractivity contribution in [3.63, 3.8) is 0 Å². The molecule has 1 heterocycles. The molecule has 0 unspecified atom stereocenters. The molecule has 0 atom stereocenters. The topological polar surface area (TPSA) is 53.4 Å². The Labute approximate surface area is 114 Å². The van der Waals surface area contributed by atoms with Crippen LogP contribution < -0.4 is 4.90 Å². The number of carboxylic acids is 1. The standard InChI is InChI=1S/C13H13FN2O2S/c1-3-10-11(12(17)18)19-13(15-10)16(2)9-6-4-5-8(14)7-9/h4-7H,3H2,1-2H3,(H,17,18). The summed E-state index contributed by atoms with van der Waals surface area (Å²) in [6.45, 7) is 1.85. The number of thiazole rings is 1. The van der Waals surface area contributed by atoms with Crippen LogP contribution >= 0.6 is 11.3 Å². The van der Waals surface area contributed by atoms with Gasteiger partial charge in [-0.1, -0.05) is 24.3 Å². The van der Waals surface area contributed by atoms with E-state index in [2.05, 4.69) is 4.98 Å². The summed E-state index contributed by atoms with van der Waals surface area (Å²) < 4.78 is 13.2. The highest BCUT2D eigenvalue weighted by molar-refractivity contribution is 7.17. The molecule has 4 nitrogen and oxygen atoms in total. The Morgan fingerprint density at radius 3 is 2.79 bits per heavy atom. The van der Waals surface area contributed by atoms with Gasteiger partial charge in [0.05, 0.1) is 5.69 Å². The number of aromatic carboxylic acids is 1. The molecule has 0 fully saturated rings. The number of nitrogens with zero attached hydrogens (tertiary/aromatic N) is 2. The predicted molar refractivity (Wildman–Crippen MR) is 72.9 cm³/mol. The summed E-state index contributed by atoms with van der Waals surface area (Å²) in [7, 11) is 1.73. The third-order valence-electron chi connectivity index (χ3n) is 2.70. The molecular formula is C13H13FN2O2S. The minimum absolute atomic E-state index is 0.237. The molecule has 0 amide bonds. The first kappa shape index (κ1) is 13.5. The van der Waals surface area contributed by atoms with Gasteiger partial charge in [0.2, 0.25) is 0 Å². The third-order valence-corrected chi connectivity index (χ3v) is 3.86. The molecule has 0 radical (unpaired) electrons. The van der Waals surface area contributed by atoms with E-state index in [9.17, 15) is 9.18 Å². The first-order chi connectivity index (χ1) is 9.02. The van der Waals surface area contributed by atoms with Gasteiger partial charge >= 0.3 is 5.97 Å². The monoisotopic (exact) mass is 280 g/mol. The van der Waals surface area contributed by atoms with E-state index >= 15 is 0 Å². The number of aryl methyl sites for hydroxylation is 1. The fourth-order valence-corrected chi connectivity index (χ4v) is 2.66. The molecule has 19 heavy (non-hydrogen) atoms. The number of carboxylic acid groups (broad SMARTS) is 1. The maximum atomic E-state index is 13.2. The fourth-order valence-electron chi connectivity index (χ4n) is 1.68. The lowest BCUT2D eigenvalue weighted by Gasteiger charge is -2.15. The first-order valence-electron chi connectivity index (χ1n) is 5.75. The second-order valence-corrected chi connectivity index (χ2v) is 4.95. The van der Waals surface area contributed by atoms with E-state index in [0.29, 0.717) is 22.9 Å². The van der Waals surface area contributed by atoms with Crippen molar-refractivity contribution in [1.82, 2.24) is 4.98 Å². The maximum Gasteiger partial charge on any atom is 0.347 e. The maximum absolute atomic E-state index is 13.2. The highest BCUT2D eigenvalue weighted by Crippen LogP contribution is 2.31. The van der Waals surface area contributed by atoms with E-state index in [1.165, 1.54) is 12.1 Å². The van der Waals surface area contributed by atoms with Crippen LogP contribution in [0.5, 0.6) is 0 Å². The Balaban J connectivity index is 2.39. The normalized spacial score (nSPS) is 10.5. The van der Waals surface area contributed by atoms with Crippen molar-refractivity contribution in [1.29, 1.82) is 0 Å². The minimum Gasteiger partial charge on any atom is -0.477 e. The molecule has 0 spiro atoms.